The van der Waals surface area contributed by atoms with E-state index >= 15 is 0 Å². The minimum Gasteiger partial charge on any atom is -0.494 e. The highest BCUT2D eigenvalue weighted by Gasteiger charge is 2.15. The van der Waals surface area contributed by atoms with Crippen molar-refractivity contribution in [3.63, 3.8) is 0 Å². The van der Waals surface area contributed by atoms with Crippen LogP contribution in [0, 0.1) is 5.41 Å². The first-order valence-corrected chi connectivity index (χ1v) is 6.89. The molecule has 0 atom stereocenters. The zero-order chi connectivity index (χ0) is 12.9. The zero-order valence-corrected chi connectivity index (χ0v) is 12.5. The van der Waals surface area contributed by atoms with Gasteiger partial charge in [0, 0.05) is 4.47 Å². The number of rotatable bonds is 6. The van der Waals surface area contributed by atoms with Crippen molar-refractivity contribution in [3.8, 4) is 5.75 Å². The largest absolute Gasteiger partial charge is 0.494 e. The molecule has 2 N–H and O–H groups in total. The summed E-state index contributed by atoms with van der Waals surface area (Å²) in [6.07, 6.45) is 2.13. The van der Waals surface area contributed by atoms with E-state index in [4.69, 9.17) is 10.5 Å². The van der Waals surface area contributed by atoms with Gasteiger partial charge in [0.2, 0.25) is 0 Å². The lowest BCUT2D eigenvalue weighted by Crippen LogP contribution is -2.24. The highest BCUT2D eigenvalue weighted by Crippen LogP contribution is 2.27. The average molecular weight is 300 g/mol. The van der Waals surface area contributed by atoms with Crippen LogP contribution in [0.2, 0.25) is 0 Å². The van der Waals surface area contributed by atoms with Crippen molar-refractivity contribution in [1.82, 2.24) is 0 Å². The maximum atomic E-state index is 5.74. The molecule has 0 amide bonds. The molecule has 0 unspecified atom stereocenters. The summed E-state index contributed by atoms with van der Waals surface area (Å²) in [5, 5.41) is 0. The maximum absolute atomic E-state index is 5.74. The third-order valence-corrected chi connectivity index (χ3v) is 3.70. The van der Waals surface area contributed by atoms with Gasteiger partial charge in [0.1, 0.15) is 5.75 Å². The first-order valence-electron chi connectivity index (χ1n) is 6.10. The monoisotopic (exact) mass is 299 g/mol. The Morgan fingerprint density at radius 1 is 1.35 bits per heavy atom. The van der Waals surface area contributed by atoms with Gasteiger partial charge in [0.05, 0.1) is 6.61 Å². The third kappa shape index (κ3) is 4.68. The summed E-state index contributed by atoms with van der Waals surface area (Å²) in [7, 11) is 0. The van der Waals surface area contributed by atoms with Crippen LogP contribution >= 0.6 is 15.9 Å². The molecule has 0 aliphatic heterocycles. The number of nitrogens with two attached hydrogens (primary N) is 1. The van der Waals surface area contributed by atoms with Crippen molar-refractivity contribution in [2.45, 2.75) is 33.6 Å². The third-order valence-electron chi connectivity index (χ3n) is 2.96. The van der Waals surface area contributed by atoms with E-state index in [9.17, 15) is 0 Å². The molecular weight excluding hydrogens is 278 g/mol. The number of aryl methyl sites for hydroxylation is 1. The molecule has 1 aromatic carbocycles. The lowest BCUT2D eigenvalue weighted by Gasteiger charge is -2.22. The summed E-state index contributed by atoms with van der Waals surface area (Å²) in [5.41, 5.74) is 7.26. The van der Waals surface area contributed by atoms with Crippen molar-refractivity contribution in [1.29, 1.82) is 0 Å². The van der Waals surface area contributed by atoms with Gasteiger partial charge in [-0.2, -0.15) is 0 Å². The summed E-state index contributed by atoms with van der Waals surface area (Å²) in [5.74, 6) is 0.918. The minimum atomic E-state index is 0.206. The summed E-state index contributed by atoms with van der Waals surface area (Å²) < 4.78 is 6.58. The fourth-order valence-electron chi connectivity index (χ4n) is 1.56. The smallest absolute Gasteiger partial charge is 0.120 e. The molecule has 0 heterocycles. The van der Waals surface area contributed by atoms with Gasteiger partial charge < -0.3 is 10.5 Å². The Morgan fingerprint density at radius 2 is 2.06 bits per heavy atom. The summed E-state index contributed by atoms with van der Waals surface area (Å²) >= 11 is 3.60. The highest BCUT2D eigenvalue weighted by atomic mass is 79.9. The highest BCUT2D eigenvalue weighted by molar-refractivity contribution is 9.10. The predicted octanol–water partition coefficient (Wildman–Crippen LogP) is 3.77. The Hall–Kier alpha value is -0.540. The molecule has 0 bridgehead atoms. The Bertz CT molecular complexity index is 363. The Balaban J connectivity index is 2.66. The molecule has 0 spiro atoms. The normalized spacial score (nSPS) is 11.6. The van der Waals surface area contributed by atoms with Gasteiger partial charge in [0.15, 0.2) is 0 Å². The lowest BCUT2D eigenvalue weighted by molar-refractivity contribution is 0.339. The molecule has 0 aliphatic carbocycles. The van der Waals surface area contributed by atoms with Crippen molar-refractivity contribution in [2.75, 3.05) is 13.2 Å². The van der Waals surface area contributed by atoms with E-state index < -0.39 is 0 Å². The number of benzene rings is 1. The van der Waals surface area contributed by atoms with Gasteiger partial charge in [-0.25, -0.2) is 0 Å². The van der Waals surface area contributed by atoms with E-state index in [0.717, 1.165) is 29.6 Å². The summed E-state index contributed by atoms with van der Waals surface area (Å²) in [4.78, 5) is 0. The lowest BCUT2D eigenvalue weighted by atomic mass is 9.86. The van der Waals surface area contributed by atoms with Crippen LogP contribution in [-0.2, 0) is 6.42 Å². The Labute approximate surface area is 113 Å². The molecule has 1 rings (SSSR count). The molecule has 0 saturated heterocycles. The second-order valence-corrected chi connectivity index (χ2v) is 5.91. The standard InChI is InChI=1S/C14H22BrNO/c1-4-17-12-6-5-11(13(15)9-12)7-8-14(2,3)10-16/h5-6,9H,4,7-8,10,16H2,1-3H3. The molecule has 0 aliphatic rings. The van der Waals surface area contributed by atoms with Gasteiger partial charge >= 0.3 is 0 Å². The molecule has 0 aromatic heterocycles. The molecule has 1 aromatic rings. The zero-order valence-electron chi connectivity index (χ0n) is 10.9. The molecule has 0 fully saturated rings. The van der Waals surface area contributed by atoms with Crippen LogP contribution in [-0.4, -0.2) is 13.2 Å². The Morgan fingerprint density at radius 3 is 2.59 bits per heavy atom. The average Bonchev–Trinajstić information content (AvgIpc) is 2.28. The van der Waals surface area contributed by atoms with Gasteiger partial charge in [0.25, 0.3) is 0 Å². The van der Waals surface area contributed by atoms with Crippen LogP contribution in [0.1, 0.15) is 32.8 Å². The van der Waals surface area contributed by atoms with Crippen LogP contribution in [0.25, 0.3) is 0 Å². The van der Waals surface area contributed by atoms with Crippen molar-refractivity contribution in [2.24, 2.45) is 11.1 Å². The van der Waals surface area contributed by atoms with Gasteiger partial charge in [-0.05, 0) is 49.4 Å². The Kier molecular flexibility index (Phi) is 5.47. The minimum absolute atomic E-state index is 0.206. The summed E-state index contributed by atoms with van der Waals surface area (Å²) in [6.45, 7) is 7.82. The quantitative estimate of drug-likeness (QED) is 0.868. The fraction of sp³-hybridized carbons (Fsp3) is 0.571. The summed E-state index contributed by atoms with van der Waals surface area (Å²) in [6, 6.07) is 6.19. The topological polar surface area (TPSA) is 35.2 Å². The first-order chi connectivity index (χ1) is 7.98. The molecule has 17 heavy (non-hydrogen) atoms. The van der Waals surface area contributed by atoms with E-state index in [-0.39, 0.29) is 5.41 Å². The van der Waals surface area contributed by atoms with E-state index in [2.05, 4.69) is 35.8 Å². The number of hydrogen-bond donors (Lipinski definition) is 1. The maximum Gasteiger partial charge on any atom is 0.120 e. The van der Waals surface area contributed by atoms with Crippen molar-refractivity contribution in [3.05, 3.63) is 28.2 Å². The van der Waals surface area contributed by atoms with Crippen LogP contribution < -0.4 is 10.5 Å². The molecule has 96 valence electrons. The van der Waals surface area contributed by atoms with Crippen LogP contribution in [0.4, 0.5) is 0 Å². The number of hydrogen-bond acceptors (Lipinski definition) is 2. The van der Waals surface area contributed by atoms with Gasteiger partial charge in [-0.3, -0.25) is 0 Å². The van der Waals surface area contributed by atoms with Gasteiger partial charge in [-0.1, -0.05) is 35.8 Å². The second kappa shape index (κ2) is 6.41. The van der Waals surface area contributed by atoms with Crippen LogP contribution in [0.15, 0.2) is 22.7 Å². The SMILES string of the molecule is CCOc1ccc(CCC(C)(C)CN)c(Br)c1. The molecule has 2 nitrogen and oxygen atoms in total. The van der Waals surface area contributed by atoms with E-state index in [1.807, 2.05) is 19.1 Å². The van der Waals surface area contributed by atoms with E-state index in [0.29, 0.717) is 6.61 Å². The van der Waals surface area contributed by atoms with Crippen LogP contribution in [0.5, 0.6) is 5.75 Å². The molecular formula is C14H22BrNO. The predicted molar refractivity (Wildman–Crippen MR) is 76.5 cm³/mol. The molecule has 0 radical (unpaired) electrons. The molecule has 0 saturated carbocycles. The molecule has 3 heteroatoms. The fourth-order valence-corrected chi connectivity index (χ4v) is 2.12. The van der Waals surface area contributed by atoms with Gasteiger partial charge in [-0.15, -0.1) is 0 Å². The number of ether oxygens (including phenoxy) is 1. The van der Waals surface area contributed by atoms with Crippen molar-refractivity contribution >= 4 is 15.9 Å². The van der Waals surface area contributed by atoms with Crippen LogP contribution in [0.3, 0.4) is 0 Å². The van der Waals surface area contributed by atoms with Crippen molar-refractivity contribution < 1.29 is 4.74 Å². The first kappa shape index (κ1) is 14.5. The van der Waals surface area contributed by atoms with E-state index in [1.54, 1.807) is 0 Å². The number of halogens is 1. The second-order valence-electron chi connectivity index (χ2n) is 5.05. The van der Waals surface area contributed by atoms with E-state index in [1.165, 1.54) is 5.56 Å².